The van der Waals surface area contributed by atoms with E-state index in [0.717, 1.165) is 9.37 Å². The Morgan fingerprint density at radius 1 is 1.32 bits per heavy atom. The molecule has 0 aromatic heterocycles. The van der Waals surface area contributed by atoms with Crippen molar-refractivity contribution in [1.82, 2.24) is 5.32 Å². The zero-order chi connectivity index (χ0) is 14.3. The lowest BCUT2D eigenvalue weighted by atomic mass is 10.2. The van der Waals surface area contributed by atoms with Gasteiger partial charge in [0.25, 0.3) is 0 Å². The van der Waals surface area contributed by atoms with E-state index in [1.807, 2.05) is 24.3 Å². The second-order valence-electron chi connectivity index (χ2n) is 3.71. The zero-order valence-electron chi connectivity index (χ0n) is 10.0. The highest BCUT2D eigenvalue weighted by molar-refractivity contribution is 9.10. The SMILES string of the molecule is O=C(CSc1ccc(Br)cc1)N[C@@H](CCO)C(=O)O. The minimum atomic E-state index is -1.14. The number of nitrogens with one attached hydrogen (secondary N) is 1. The highest BCUT2D eigenvalue weighted by Crippen LogP contribution is 2.20. The third kappa shape index (κ3) is 6.09. The van der Waals surface area contributed by atoms with Crippen LogP contribution in [0.4, 0.5) is 0 Å². The number of thioether (sulfide) groups is 1. The van der Waals surface area contributed by atoms with Gasteiger partial charge in [0.1, 0.15) is 6.04 Å². The molecule has 5 nitrogen and oxygen atoms in total. The smallest absolute Gasteiger partial charge is 0.326 e. The molecule has 3 N–H and O–H groups in total. The van der Waals surface area contributed by atoms with Crippen LogP contribution >= 0.6 is 27.7 Å². The fourth-order valence-electron chi connectivity index (χ4n) is 1.30. The van der Waals surface area contributed by atoms with E-state index in [-0.39, 0.29) is 24.7 Å². The molecule has 1 rings (SSSR count). The van der Waals surface area contributed by atoms with Gasteiger partial charge in [-0.2, -0.15) is 0 Å². The van der Waals surface area contributed by atoms with Gasteiger partial charge in [-0.3, -0.25) is 4.79 Å². The van der Waals surface area contributed by atoms with Crippen LogP contribution in [0.5, 0.6) is 0 Å². The van der Waals surface area contributed by atoms with Gasteiger partial charge < -0.3 is 15.5 Å². The van der Waals surface area contributed by atoms with E-state index in [0.29, 0.717) is 0 Å². The van der Waals surface area contributed by atoms with Crippen molar-refractivity contribution in [3.8, 4) is 0 Å². The highest BCUT2D eigenvalue weighted by Gasteiger charge is 2.18. The van der Waals surface area contributed by atoms with Crippen LogP contribution in [0.15, 0.2) is 33.6 Å². The Hall–Kier alpha value is -1.05. The maximum Gasteiger partial charge on any atom is 0.326 e. The van der Waals surface area contributed by atoms with Crippen LogP contribution in [0.1, 0.15) is 6.42 Å². The van der Waals surface area contributed by atoms with Crippen molar-refractivity contribution >= 4 is 39.6 Å². The largest absolute Gasteiger partial charge is 0.480 e. The Labute approximate surface area is 123 Å². The number of aliphatic hydroxyl groups excluding tert-OH is 1. The molecule has 7 heteroatoms. The molecule has 0 aliphatic rings. The fourth-order valence-corrected chi connectivity index (χ4v) is 2.28. The summed E-state index contributed by atoms with van der Waals surface area (Å²) in [6.45, 7) is -0.281. The minimum absolute atomic E-state index is 0.00399. The third-order valence-corrected chi connectivity index (χ3v) is 3.78. The summed E-state index contributed by atoms with van der Waals surface area (Å²) < 4.78 is 0.954. The average Bonchev–Trinajstić information content (AvgIpc) is 2.37. The van der Waals surface area contributed by atoms with E-state index in [1.54, 1.807) is 0 Å². The van der Waals surface area contributed by atoms with Crippen molar-refractivity contribution in [2.75, 3.05) is 12.4 Å². The maximum atomic E-state index is 11.6. The van der Waals surface area contributed by atoms with Crippen LogP contribution < -0.4 is 5.32 Å². The number of rotatable bonds is 7. The molecule has 0 bridgehead atoms. The van der Waals surface area contributed by atoms with E-state index in [4.69, 9.17) is 10.2 Å². The fraction of sp³-hybridized carbons (Fsp3) is 0.333. The zero-order valence-corrected chi connectivity index (χ0v) is 12.4. The molecule has 0 fully saturated rings. The first-order chi connectivity index (χ1) is 9.02. The van der Waals surface area contributed by atoms with E-state index < -0.39 is 12.0 Å². The lowest BCUT2D eigenvalue weighted by Crippen LogP contribution is -2.42. The predicted octanol–water partition coefficient (Wildman–Crippen LogP) is 1.49. The lowest BCUT2D eigenvalue weighted by molar-refractivity contribution is -0.141. The van der Waals surface area contributed by atoms with Crippen molar-refractivity contribution in [2.45, 2.75) is 17.4 Å². The summed E-state index contributed by atoms with van der Waals surface area (Å²) in [6, 6.07) is 6.43. The molecule has 104 valence electrons. The van der Waals surface area contributed by atoms with Gasteiger partial charge in [0.05, 0.1) is 5.75 Å². The van der Waals surface area contributed by atoms with E-state index in [2.05, 4.69) is 21.2 Å². The number of carboxylic acids is 1. The maximum absolute atomic E-state index is 11.6. The molecule has 0 aliphatic heterocycles. The van der Waals surface area contributed by atoms with E-state index in [9.17, 15) is 9.59 Å². The molecule has 0 radical (unpaired) electrons. The van der Waals surface area contributed by atoms with Crippen LogP contribution in [-0.2, 0) is 9.59 Å². The summed E-state index contributed by atoms with van der Waals surface area (Å²) in [5.41, 5.74) is 0. The van der Waals surface area contributed by atoms with Gasteiger partial charge in [0.15, 0.2) is 0 Å². The first-order valence-corrected chi connectivity index (χ1v) is 7.32. The molecule has 0 unspecified atom stereocenters. The van der Waals surface area contributed by atoms with Crippen molar-refractivity contribution in [2.24, 2.45) is 0 Å². The lowest BCUT2D eigenvalue weighted by Gasteiger charge is -2.12. The molecule has 1 aromatic carbocycles. The van der Waals surface area contributed by atoms with Gasteiger partial charge in [0, 0.05) is 22.4 Å². The van der Waals surface area contributed by atoms with Crippen molar-refractivity contribution in [1.29, 1.82) is 0 Å². The molecule has 0 heterocycles. The van der Waals surface area contributed by atoms with Crippen molar-refractivity contribution in [3.05, 3.63) is 28.7 Å². The van der Waals surface area contributed by atoms with Crippen LogP contribution in [-0.4, -0.2) is 40.5 Å². The number of benzene rings is 1. The van der Waals surface area contributed by atoms with Crippen molar-refractivity contribution < 1.29 is 19.8 Å². The Morgan fingerprint density at radius 2 is 1.95 bits per heavy atom. The van der Waals surface area contributed by atoms with Gasteiger partial charge >= 0.3 is 5.97 Å². The quantitative estimate of drug-likeness (QED) is 0.650. The number of carbonyl (C=O) groups is 2. The number of aliphatic carboxylic acids is 1. The monoisotopic (exact) mass is 347 g/mol. The standard InChI is InChI=1S/C12H14BrNO4S/c13-8-1-3-9(4-2-8)19-7-11(16)14-10(5-6-15)12(17)18/h1-4,10,15H,5-7H2,(H,14,16)(H,17,18)/t10-/m0/s1. The molecular formula is C12H14BrNO4S. The molecular weight excluding hydrogens is 334 g/mol. The third-order valence-electron chi connectivity index (χ3n) is 2.23. The number of amides is 1. The number of hydrogen-bond donors (Lipinski definition) is 3. The molecule has 0 saturated heterocycles. The van der Waals surface area contributed by atoms with Gasteiger partial charge in [-0.25, -0.2) is 4.79 Å². The van der Waals surface area contributed by atoms with Gasteiger partial charge in [-0.05, 0) is 24.3 Å². The first kappa shape index (κ1) is 16.0. The summed E-state index contributed by atoms with van der Waals surface area (Å²) in [6.07, 6.45) is 0.00399. The first-order valence-electron chi connectivity index (χ1n) is 5.54. The number of hydrogen-bond acceptors (Lipinski definition) is 4. The van der Waals surface area contributed by atoms with Crippen LogP contribution in [0.2, 0.25) is 0 Å². The number of carbonyl (C=O) groups excluding carboxylic acids is 1. The Bertz CT molecular complexity index is 438. The predicted molar refractivity (Wildman–Crippen MR) is 76.1 cm³/mol. The summed E-state index contributed by atoms with van der Waals surface area (Å²) in [5.74, 6) is -1.37. The van der Waals surface area contributed by atoms with Gasteiger partial charge in [0.2, 0.25) is 5.91 Å². The van der Waals surface area contributed by atoms with E-state index in [1.165, 1.54) is 11.8 Å². The molecule has 1 amide bonds. The second-order valence-corrected chi connectivity index (χ2v) is 5.68. The summed E-state index contributed by atoms with van der Waals surface area (Å²) in [5, 5.41) is 19.9. The van der Waals surface area contributed by atoms with Gasteiger partial charge in [-0.15, -0.1) is 11.8 Å². The normalized spacial score (nSPS) is 11.9. The van der Waals surface area contributed by atoms with Gasteiger partial charge in [-0.1, -0.05) is 15.9 Å². The minimum Gasteiger partial charge on any atom is -0.480 e. The topological polar surface area (TPSA) is 86.6 Å². The molecule has 0 aliphatic carbocycles. The number of carboxylic acid groups (broad SMARTS) is 1. The summed E-state index contributed by atoms with van der Waals surface area (Å²) in [7, 11) is 0. The summed E-state index contributed by atoms with van der Waals surface area (Å²) in [4.78, 5) is 23.3. The molecule has 0 spiro atoms. The molecule has 1 atom stereocenters. The second kappa shape index (κ2) is 8.19. The van der Waals surface area contributed by atoms with Crippen molar-refractivity contribution in [3.63, 3.8) is 0 Å². The molecule has 0 saturated carbocycles. The van der Waals surface area contributed by atoms with Crippen LogP contribution in [0.25, 0.3) is 0 Å². The molecule has 1 aromatic rings. The Kier molecular flexibility index (Phi) is 6.90. The van der Waals surface area contributed by atoms with Crippen LogP contribution in [0.3, 0.4) is 0 Å². The van der Waals surface area contributed by atoms with E-state index >= 15 is 0 Å². The van der Waals surface area contributed by atoms with Crippen LogP contribution in [0, 0.1) is 0 Å². The molecule has 19 heavy (non-hydrogen) atoms. The Morgan fingerprint density at radius 3 is 2.47 bits per heavy atom. The number of halogens is 1. The average molecular weight is 348 g/mol. The highest BCUT2D eigenvalue weighted by atomic mass is 79.9. The Balaban J connectivity index is 2.42. The number of aliphatic hydroxyl groups is 1. The summed E-state index contributed by atoms with van der Waals surface area (Å²) >= 11 is 4.63.